The van der Waals surface area contributed by atoms with Crippen LogP contribution in [0.1, 0.15) is 33.6 Å². The molecule has 1 fully saturated rings. The predicted octanol–water partition coefficient (Wildman–Crippen LogP) is 0.901. The van der Waals surface area contributed by atoms with Crippen molar-refractivity contribution in [2.24, 2.45) is 5.92 Å². The van der Waals surface area contributed by atoms with E-state index in [4.69, 9.17) is 0 Å². The average Bonchev–Trinajstić information content (AvgIpc) is 2.81. The standard InChI is InChI=1S/C10H20N2O/c1-4-11-7-9(13)12-10(2,3)8-5-6-8/h8,11H,4-7H2,1-3H3,(H,12,13). The summed E-state index contributed by atoms with van der Waals surface area (Å²) >= 11 is 0. The van der Waals surface area contributed by atoms with Gasteiger partial charge in [0.05, 0.1) is 6.54 Å². The molecule has 0 atom stereocenters. The van der Waals surface area contributed by atoms with Gasteiger partial charge >= 0.3 is 0 Å². The first kappa shape index (κ1) is 10.5. The number of rotatable bonds is 5. The van der Waals surface area contributed by atoms with E-state index in [1.807, 2.05) is 6.92 Å². The van der Waals surface area contributed by atoms with Gasteiger partial charge in [-0.05, 0) is 39.2 Å². The van der Waals surface area contributed by atoms with Crippen LogP contribution in [0.15, 0.2) is 0 Å². The Morgan fingerprint density at radius 3 is 2.54 bits per heavy atom. The molecule has 3 heteroatoms. The molecule has 0 aromatic rings. The van der Waals surface area contributed by atoms with Gasteiger partial charge in [0.15, 0.2) is 0 Å². The van der Waals surface area contributed by atoms with E-state index in [-0.39, 0.29) is 11.4 Å². The summed E-state index contributed by atoms with van der Waals surface area (Å²) in [7, 11) is 0. The smallest absolute Gasteiger partial charge is 0.234 e. The Labute approximate surface area is 80.3 Å². The summed E-state index contributed by atoms with van der Waals surface area (Å²) in [6.07, 6.45) is 2.52. The van der Waals surface area contributed by atoms with Gasteiger partial charge in [-0.25, -0.2) is 0 Å². The molecular formula is C10H20N2O. The summed E-state index contributed by atoms with van der Waals surface area (Å²) < 4.78 is 0. The number of likely N-dealkylation sites (N-methyl/N-ethyl adjacent to an activating group) is 1. The van der Waals surface area contributed by atoms with Crippen molar-refractivity contribution >= 4 is 5.91 Å². The van der Waals surface area contributed by atoms with Gasteiger partial charge in [-0.2, -0.15) is 0 Å². The van der Waals surface area contributed by atoms with E-state index in [9.17, 15) is 4.79 Å². The maximum Gasteiger partial charge on any atom is 0.234 e. The highest BCUT2D eigenvalue weighted by atomic mass is 16.2. The van der Waals surface area contributed by atoms with Crippen LogP contribution < -0.4 is 10.6 Å². The number of hydrogen-bond donors (Lipinski definition) is 2. The van der Waals surface area contributed by atoms with E-state index >= 15 is 0 Å². The molecule has 0 saturated heterocycles. The van der Waals surface area contributed by atoms with E-state index in [0.717, 1.165) is 6.54 Å². The van der Waals surface area contributed by atoms with Crippen LogP contribution >= 0.6 is 0 Å². The number of carbonyl (C=O) groups is 1. The van der Waals surface area contributed by atoms with Crippen molar-refractivity contribution in [3.8, 4) is 0 Å². The zero-order valence-electron chi connectivity index (χ0n) is 8.81. The van der Waals surface area contributed by atoms with E-state index in [1.54, 1.807) is 0 Å². The fraction of sp³-hybridized carbons (Fsp3) is 0.900. The van der Waals surface area contributed by atoms with Crippen LogP contribution in [0.25, 0.3) is 0 Å². The Balaban J connectivity index is 2.25. The third-order valence-corrected chi connectivity index (χ3v) is 2.60. The van der Waals surface area contributed by atoms with Crippen molar-refractivity contribution in [1.82, 2.24) is 10.6 Å². The molecule has 0 heterocycles. The first-order valence-corrected chi connectivity index (χ1v) is 5.08. The van der Waals surface area contributed by atoms with E-state index in [1.165, 1.54) is 12.8 Å². The van der Waals surface area contributed by atoms with Gasteiger partial charge in [0.2, 0.25) is 5.91 Å². The summed E-state index contributed by atoms with van der Waals surface area (Å²) in [6, 6.07) is 0. The molecule has 1 aliphatic rings. The molecule has 2 N–H and O–H groups in total. The Morgan fingerprint density at radius 2 is 2.08 bits per heavy atom. The minimum absolute atomic E-state index is 0.00744. The Morgan fingerprint density at radius 1 is 1.46 bits per heavy atom. The van der Waals surface area contributed by atoms with Gasteiger partial charge in [-0.3, -0.25) is 4.79 Å². The average molecular weight is 184 g/mol. The monoisotopic (exact) mass is 184 g/mol. The van der Waals surface area contributed by atoms with E-state index in [0.29, 0.717) is 12.5 Å². The highest BCUT2D eigenvalue weighted by Crippen LogP contribution is 2.38. The molecule has 0 spiro atoms. The predicted molar refractivity (Wildman–Crippen MR) is 53.5 cm³/mol. The lowest BCUT2D eigenvalue weighted by Crippen LogP contribution is -2.48. The molecule has 0 aromatic heterocycles. The number of amides is 1. The van der Waals surface area contributed by atoms with Gasteiger partial charge in [0, 0.05) is 5.54 Å². The number of hydrogen-bond acceptors (Lipinski definition) is 2. The minimum Gasteiger partial charge on any atom is -0.350 e. The van der Waals surface area contributed by atoms with Gasteiger partial charge in [-0.15, -0.1) is 0 Å². The lowest BCUT2D eigenvalue weighted by atomic mass is 9.99. The maximum absolute atomic E-state index is 11.4. The molecule has 1 aliphatic carbocycles. The molecule has 0 radical (unpaired) electrons. The Kier molecular flexibility index (Phi) is 3.31. The van der Waals surface area contributed by atoms with Crippen molar-refractivity contribution in [3.63, 3.8) is 0 Å². The van der Waals surface area contributed by atoms with Crippen LogP contribution in [0.3, 0.4) is 0 Å². The highest BCUT2D eigenvalue weighted by Gasteiger charge is 2.38. The largest absolute Gasteiger partial charge is 0.350 e. The zero-order valence-corrected chi connectivity index (χ0v) is 8.81. The van der Waals surface area contributed by atoms with Crippen molar-refractivity contribution in [1.29, 1.82) is 0 Å². The van der Waals surface area contributed by atoms with Crippen LogP contribution in [0.2, 0.25) is 0 Å². The van der Waals surface area contributed by atoms with Gasteiger partial charge in [0.25, 0.3) is 0 Å². The lowest BCUT2D eigenvalue weighted by molar-refractivity contribution is -0.122. The summed E-state index contributed by atoms with van der Waals surface area (Å²) in [5.74, 6) is 0.803. The molecular weight excluding hydrogens is 164 g/mol. The number of carbonyl (C=O) groups excluding carboxylic acids is 1. The summed E-state index contributed by atoms with van der Waals surface area (Å²) in [4.78, 5) is 11.4. The SMILES string of the molecule is CCNCC(=O)NC(C)(C)C1CC1. The van der Waals surface area contributed by atoms with Crippen molar-refractivity contribution in [3.05, 3.63) is 0 Å². The second-order valence-electron chi connectivity index (χ2n) is 4.32. The summed E-state index contributed by atoms with van der Waals surface area (Å²) in [5.41, 5.74) is -0.00744. The van der Waals surface area contributed by atoms with Crippen molar-refractivity contribution in [2.45, 2.75) is 39.2 Å². The second kappa shape index (κ2) is 4.09. The highest BCUT2D eigenvalue weighted by molar-refractivity contribution is 5.78. The fourth-order valence-corrected chi connectivity index (χ4v) is 1.55. The second-order valence-corrected chi connectivity index (χ2v) is 4.32. The minimum atomic E-state index is -0.00744. The van der Waals surface area contributed by atoms with Gasteiger partial charge < -0.3 is 10.6 Å². The van der Waals surface area contributed by atoms with Gasteiger partial charge in [0.1, 0.15) is 0 Å². The summed E-state index contributed by atoms with van der Waals surface area (Å²) in [5, 5.41) is 6.07. The van der Waals surface area contributed by atoms with Crippen LogP contribution in [0.5, 0.6) is 0 Å². The first-order valence-electron chi connectivity index (χ1n) is 5.08. The molecule has 76 valence electrons. The van der Waals surface area contributed by atoms with E-state index < -0.39 is 0 Å². The third kappa shape index (κ3) is 3.35. The zero-order chi connectivity index (χ0) is 9.90. The molecule has 13 heavy (non-hydrogen) atoms. The molecule has 0 aromatic carbocycles. The quantitative estimate of drug-likeness (QED) is 0.666. The molecule has 1 rings (SSSR count). The molecule has 3 nitrogen and oxygen atoms in total. The van der Waals surface area contributed by atoms with Crippen LogP contribution in [-0.4, -0.2) is 24.5 Å². The molecule has 0 bridgehead atoms. The molecule has 0 aliphatic heterocycles. The molecule has 1 amide bonds. The first-order chi connectivity index (χ1) is 6.06. The van der Waals surface area contributed by atoms with Crippen LogP contribution in [-0.2, 0) is 4.79 Å². The van der Waals surface area contributed by atoms with Crippen molar-refractivity contribution < 1.29 is 4.79 Å². The van der Waals surface area contributed by atoms with Gasteiger partial charge in [-0.1, -0.05) is 6.92 Å². The maximum atomic E-state index is 11.4. The van der Waals surface area contributed by atoms with Crippen molar-refractivity contribution in [2.75, 3.05) is 13.1 Å². The molecule has 1 saturated carbocycles. The van der Waals surface area contributed by atoms with Crippen LogP contribution in [0, 0.1) is 5.92 Å². The Hall–Kier alpha value is -0.570. The van der Waals surface area contributed by atoms with Crippen LogP contribution in [0.4, 0.5) is 0 Å². The van der Waals surface area contributed by atoms with E-state index in [2.05, 4.69) is 24.5 Å². The third-order valence-electron chi connectivity index (χ3n) is 2.60. The summed E-state index contributed by atoms with van der Waals surface area (Å²) in [6.45, 7) is 7.49. The normalized spacial score (nSPS) is 17.2. The molecule has 0 unspecified atom stereocenters. The Bertz CT molecular complexity index is 185. The topological polar surface area (TPSA) is 41.1 Å². The number of nitrogens with one attached hydrogen (secondary N) is 2. The lowest BCUT2D eigenvalue weighted by Gasteiger charge is -2.26. The fourth-order valence-electron chi connectivity index (χ4n) is 1.55.